The molecule has 0 aliphatic rings. The first-order valence-electron chi connectivity index (χ1n) is 20.7. The van der Waals surface area contributed by atoms with Crippen LogP contribution in [0.3, 0.4) is 0 Å². The largest absolute Gasteiger partial charge is 0.308 e. The second-order valence-electron chi connectivity index (χ2n) is 15.9. The molecule has 0 aliphatic heterocycles. The van der Waals surface area contributed by atoms with Crippen molar-refractivity contribution in [2.75, 3.05) is 0 Å². The first kappa shape index (κ1) is 33.5. The highest BCUT2D eigenvalue weighted by atomic mass is 32.1. The summed E-state index contributed by atoms with van der Waals surface area (Å²) in [6.07, 6.45) is 0. The van der Waals surface area contributed by atoms with Crippen LogP contribution in [0.25, 0.3) is 124 Å². The Hall–Kier alpha value is -7.52. The maximum absolute atomic E-state index is 2.50. The van der Waals surface area contributed by atoms with E-state index in [1.165, 1.54) is 124 Å². The summed E-state index contributed by atoms with van der Waals surface area (Å²) in [6, 6.07) is 78.6. The minimum absolute atomic E-state index is 1.22. The van der Waals surface area contributed by atoms with E-state index in [-0.39, 0.29) is 0 Å². The van der Waals surface area contributed by atoms with Crippen LogP contribution in [0.15, 0.2) is 212 Å². The summed E-state index contributed by atoms with van der Waals surface area (Å²) in [5.74, 6) is 0. The van der Waals surface area contributed by atoms with Crippen LogP contribution >= 0.6 is 11.3 Å². The van der Waals surface area contributed by atoms with Crippen molar-refractivity contribution in [1.29, 1.82) is 0 Å². The number of hydrogen-bond donors (Lipinski definition) is 0. The molecule has 0 fully saturated rings. The lowest BCUT2D eigenvalue weighted by atomic mass is 9.85. The van der Waals surface area contributed by atoms with Gasteiger partial charge in [0, 0.05) is 47.3 Å². The van der Waals surface area contributed by atoms with Gasteiger partial charge in [0.25, 0.3) is 0 Å². The van der Waals surface area contributed by atoms with Gasteiger partial charge in [0.15, 0.2) is 0 Å². The zero-order valence-electron chi connectivity index (χ0n) is 32.6. The van der Waals surface area contributed by atoms with E-state index < -0.39 is 0 Å². The van der Waals surface area contributed by atoms with Gasteiger partial charge in [-0.15, -0.1) is 11.3 Å². The zero-order valence-corrected chi connectivity index (χ0v) is 33.4. The molecule has 0 unspecified atom stereocenters. The SMILES string of the molecule is c1ccc(-c2c3ccccc3c(-c3cccc4c3sc3cccc(-c5c6ccccc6c(-n6c7ccccc7c7ccccc76)c6ccccc56)c34)c3ccccc23)cc1. The van der Waals surface area contributed by atoms with Crippen LogP contribution in [0.2, 0.25) is 0 Å². The summed E-state index contributed by atoms with van der Waals surface area (Å²) in [7, 11) is 0. The Labute approximate surface area is 350 Å². The van der Waals surface area contributed by atoms with E-state index in [0.29, 0.717) is 0 Å². The van der Waals surface area contributed by atoms with Crippen molar-refractivity contribution < 1.29 is 0 Å². The Morgan fingerprint density at radius 3 is 1.25 bits per heavy atom. The summed E-state index contributed by atoms with van der Waals surface area (Å²) in [5.41, 5.74) is 11.3. The molecule has 2 aromatic heterocycles. The zero-order chi connectivity index (χ0) is 39.3. The molecule has 60 heavy (non-hydrogen) atoms. The molecular formula is C58H35NS. The molecule has 13 rings (SSSR count). The molecule has 0 bridgehead atoms. The first-order valence-corrected chi connectivity index (χ1v) is 21.5. The fourth-order valence-corrected chi connectivity index (χ4v) is 11.6. The van der Waals surface area contributed by atoms with Gasteiger partial charge in [-0.2, -0.15) is 0 Å². The van der Waals surface area contributed by atoms with Gasteiger partial charge in [-0.3, -0.25) is 0 Å². The summed E-state index contributed by atoms with van der Waals surface area (Å²) < 4.78 is 5.12. The van der Waals surface area contributed by atoms with Crippen LogP contribution in [0.5, 0.6) is 0 Å². The van der Waals surface area contributed by atoms with E-state index in [9.17, 15) is 0 Å². The van der Waals surface area contributed by atoms with Gasteiger partial charge in [0.2, 0.25) is 0 Å². The lowest BCUT2D eigenvalue weighted by Crippen LogP contribution is -1.99. The Kier molecular flexibility index (Phi) is 7.24. The lowest BCUT2D eigenvalue weighted by Gasteiger charge is -2.20. The van der Waals surface area contributed by atoms with Gasteiger partial charge in [-0.25, -0.2) is 0 Å². The van der Waals surface area contributed by atoms with E-state index >= 15 is 0 Å². The standard InChI is InChI=1S/C58H35NS/c1-2-18-36(19-3-1)53-39-22-4-6-24-41(39)55(42-25-7-5-23-40(42)53)48-31-16-32-49-56-47(30-17-35-52(56)60-58(48)49)54-43-26-8-10-28-45(43)57(46-29-11-9-27-44(46)54)59-50-33-14-12-20-37(50)38-21-13-15-34-51(38)59/h1-35H. The third kappa shape index (κ3) is 4.68. The smallest absolute Gasteiger partial charge is 0.0619 e. The van der Waals surface area contributed by atoms with Crippen molar-refractivity contribution in [3.63, 3.8) is 0 Å². The maximum atomic E-state index is 2.50. The Morgan fingerprint density at radius 2 is 0.683 bits per heavy atom. The lowest BCUT2D eigenvalue weighted by molar-refractivity contribution is 1.21. The maximum Gasteiger partial charge on any atom is 0.0619 e. The number of aromatic nitrogens is 1. The molecule has 11 aromatic carbocycles. The van der Waals surface area contributed by atoms with Gasteiger partial charge in [-0.1, -0.05) is 194 Å². The summed E-state index contributed by atoms with van der Waals surface area (Å²) >= 11 is 1.92. The molecule has 0 atom stereocenters. The van der Waals surface area contributed by atoms with Crippen LogP contribution in [-0.4, -0.2) is 4.57 Å². The molecule has 0 radical (unpaired) electrons. The van der Waals surface area contributed by atoms with Gasteiger partial charge in [0.1, 0.15) is 0 Å². The molecule has 2 heterocycles. The summed E-state index contributed by atoms with van der Waals surface area (Å²) in [6.45, 7) is 0. The number of rotatable bonds is 4. The second-order valence-corrected chi connectivity index (χ2v) is 16.9. The highest BCUT2D eigenvalue weighted by molar-refractivity contribution is 7.26. The molecule has 0 saturated heterocycles. The van der Waals surface area contributed by atoms with Gasteiger partial charge in [-0.05, 0) is 78.3 Å². The Balaban J connectivity index is 1.12. The van der Waals surface area contributed by atoms with Crippen molar-refractivity contribution in [3.05, 3.63) is 212 Å². The molecule has 13 aromatic rings. The van der Waals surface area contributed by atoms with Crippen molar-refractivity contribution in [2.24, 2.45) is 0 Å². The number of thiophene rings is 1. The quantitative estimate of drug-likeness (QED) is 0.157. The third-order valence-electron chi connectivity index (χ3n) is 12.8. The normalized spacial score (nSPS) is 12.0. The predicted octanol–water partition coefficient (Wildman–Crippen LogP) is 16.8. The minimum atomic E-state index is 1.22. The summed E-state index contributed by atoms with van der Waals surface area (Å²) in [5, 5.41) is 15.2. The molecule has 0 spiro atoms. The van der Waals surface area contributed by atoms with Crippen LogP contribution in [0.4, 0.5) is 0 Å². The fraction of sp³-hybridized carbons (Fsp3) is 0. The van der Waals surface area contributed by atoms with E-state index in [1.54, 1.807) is 0 Å². The average molecular weight is 778 g/mol. The van der Waals surface area contributed by atoms with Crippen molar-refractivity contribution in [1.82, 2.24) is 4.57 Å². The number of para-hydroxylation sites is 2. The van der Waals surface area contributed by atoms with E-state index in [4.69, 9.17) is 0 Å². The van der Waals surface area contributed by atoms with E-state index in [1.807, 2.05) is 11.3 Å². The highest BCUT2D eigenvalue weighted by Gasteiger charge is 2.24. The van der Waals surface area contributed by atoms with E-state index in [0.717, 1.165) is 0 Å². The molecule has 0 amide bonds. The van der Waals surface area contributed by atoms with Crippen LogP contribution < -0.4 is 0 Å². The van der Waals surface area contributed by atoms with Gasteiger partial charge >= 0.3 is 0 Å². The number of nitrogens with zero attached hydrogens (tertiary/aromatic N) is 1. The van der Waals surface area contributed by atoms with Crippen molar-refractivity contribution in [2.45, 2.75) is 0 Å². The second kappa shape index (κ2) is 13.0. The number of benzene rings is 11. The summed E-state index contributed by atoms with van der Waals surface area (Å²) in [4.78, 5) is 0. The number of fused-ring (bicyclic) bond motifs is 10. The van der Waals surface area contributed by atoms with E-state index in [2.05, 4.69) is 217 Å². The Morgan fingerprint density at radius 1 is 0.283 bits per heavy atom. The third-order valence-corrected chi connectivity index (χ3v) is 14.0. The minimum Gasteiger partial charge on any atom is -0.308 e. The molecule has 0 aliphatic carbocycles. The predicted molar refractivity (Wildman–Crippen MR) is 260 cm³/mol. The molecular weight excluding hydrogens is 743 g/mol. The monoisotopic (exact) mass is 777 g/mol. The van der Waals surface area contributed by atoms with Gasteiger partial charge < -0.3 is 4.57 Å². The van der Waals surface area contributed by atoms with Crippen molar-refractivity contribution >= 4 is 96.4 Å². The Bertz CT molecular complexity index is 3720. The molecule has 1 nitrogen and oxygen atoms in total. The van der Waals surface area contributed by atoms with Crippen LogP contribution in [0, 0.1) is 0 Å². The number of hydrogen-bond acceptors (Lipinski definition) is 1. The molecule has 0 saturated carbocycles. The van der Waals surface area contributed by atoms with Crippen LogP contribution in [-0.2, 0) is 0 Å². The van der Waals surface area contributed by atoms with Crippen molar-refractivity contribution in [3.8, 4) is 39.1 Å². The average Bonchev–Trinajstić information content (AvgIpc) is 3.87. The first-order chi connectivity index (χ1) is 29.8. The molecule has 278 valence electrons. The van der Waals surface area contributed by atoms with Gasteiger partial charge in [0.05, 0.1) is 16.7 Å². The fourth-order valence-electron chi connectivity index (χ4n) is 10.4. The van der Waals surface area contributed by atoms with Crippen LogP contribution in [0.1, 0.15) is 0 Å². The highest BCUT2D eigenvalue weighted by Crippen LogP contribution is 2.51. The topological polar surface area (TPSA) is 4.93 Å². The molecule has 2 heteroatoms. The molecule has 0 N–H and O–H groups in total.